The molecule has 1 fully saturated rings. The Morgan fingerprint density at radius 2 is 1.93 bits per heavy atom. The maximum Gasteiger partial charge on any atom is 0.238 e. The van der Waals surface area contributed by atoms with Crippen molar-refractivity contribution in [3.05, 3.63) is 24.3 Å². The van der Waals surface area contributed by atoms with Crippen LogP contribution in [0.3, 0.4) is 0 Å². The SMILES string of the molecule is CC(Sc1nnnn1C1CCCCC1)C(=O)Nc1ccc(S(N)(=O)=O)cc1. The molecule has 0 saturated heterocycles. The standard InChI is InChI=1S/C16H22N6O3S2/c1-11(15(23)18-12-7-9-14(10-8-12)27(17,24)25)26-16-19-20-21-22(16)13-5-3-2-4-6-13/h7-11,13H,2-6H2,1H3,(H,18,23)(H2,17,24,25). The molecular formula is C16H22N6O3S2. The second-order valence-electron chi connectivity index (χ2n) is 6.52. The van der Waals surface area contributed by atoms with Crippen LogP contribution in [0.15, 0.2) is 34.3 Å². The third-order valence-corrected chi connectivity index (χ3v) is 6.46. The fraction of sp³-hybridized carbons (Fsp3) is 0.500. The van der Waals surface area contributed by atoms with Gasteiger partial charge in [0.25, 0.3) is 0 Å². The molecule has 27 heavy (non-hydrogen) atoms. The van der Waals surface area contributed by atoms with Gasteiger partial charge in [0.2, 0.25) is 21.1 Å². The zero-order valence-corrected chi connectivity index (χ0v) is 16.5. The number of rotatable bonds is 6. The molecule has 2 aromatic rings. The highest BCUT2D eigenvalue weighted by Crippen LogP contribution is 2.31. The van der Waals surface area contributed by atoms with Crippen LogP contribution in [0.25, 0.3) is 0 Å². The molecule has 1 heterocycles. The van der Waals surface area contributed by atoms with Crippen LogP contribution in [0.4, 0.5) is 5.69 Å². The Morgan fingerprint density at radius 3 is 2.56 bits per heavy atom. The van der Waals surface area contributed by atoms with Gasteiger partial charge in [-0.15, -0.1) is 5.10 Å². The van der Waals surface area contributed by atoms with Crippen LogP contribution in [0, 0.1) is 0 Å². The van der Waals surface area contributed by atoms with Crippen molar-refractivity contribution < 1.29 is 13.2 Å². The van der Waals surface area contributed by atoms with Crippen LogP contribution in [0.1, 0.15) is 45.1 Å². The second kappa shape index (κ2) is 8.36. The molecule has 1 unspecified atom stereocenters. The predicted octanol–water partition coefficient (Wildman–Crippen LogP) is 1.94. The third-order valence-electron chi connectivity index (χ3n) is 4.48. The number of tetrazole rings is 1. The maximum atomic E-state index is 12.5. The van der Waals surface area contributed by atoms with E-state index in [-0.39, 0.29) is 16.8 Å². The Bertz CT molecular complexity index is 891. The van der Waals surface area contributed by atoms with Gasteiger partial charge in [-0.2, -0.15) is 0 Å². The number of carbonyl (C=O) groups excluding carboxylic acids is 1. The normalized spacial score (nSPS) is 16.8. The zero-order chi connectivity index (χ0) is 19.4. The van der Waals surface area contributed by atoms with E-state index in [1.807, 2.05) is 4.68 Å². The first-order chi connectivity index (χ1) is 12.8. The Hall–Kier alpha value is -1.98. The number of primary sulfonamides is 1. The molecule has 1 aromatic carbocycles. The highest BCUT2D eigenvalue weighted by atomic mass is 32.2. The van der Waals surface area contributed by atoms with Crippen molar-refractivity contribution in [2.75, 3.05) is 5.32 Å². The number of amides is 1. The van der Waals surface area contributed by atoms with Gasteiger partial charge in [-0.3, -0.25) is 4.79 Å². The molecule has 3 rings (SSSR count). The summed E-state index contributed by atoms with van der Waals surface area (Å²) in [5, 5.41) is 20.0. The number of aromatic nitrogens is 4. The molecule has 1 saturated carbocycles. The van der Waals surface area contributed by atoms with Crippen LogP contribution in [0.2, 0.25) is 0 Å². The summed E-state index contributed by atoms with van der Waals surface area (Å²) in [4.78, 5) is 12.5. The zero-order valence-electron chi connectivity index (χ0n) is 14.9. The first-order valence-electron chi connectivity index (χ1n) is 8.73. The van der Waals surface area contributed by atoms with E-state index >= 15 is 0 Å². The number of thioether (sulfide) groups is 1. The van der Waals surface area contributed by atoms with E-state index in [9.17, 15) is 13.2 Å². The van der Waals surface area contributed by atoms with E-state index in [1.54, 1.807) is 6.92 Å². The van der Waals surface area contributed by atoms with Crippen LogP contribution in [0.5, 0.6) is 0 Å². The van der Waals surface area contributed by atoms with Crippen LogP contribution < -0.4 is 10.5 Å². The minimum absolute atomic E-state index is 0.00502. The summed E-state index contributed by atoms with van der Waals surface area (Å²) in [6, 6.07) is 6.00. The average Bonchev–Trinajstić information content (AvgIpc) is 3.10. The molecule has 1 amide bonds. The fourth-order valence-corrected chi connectivity index (χ4v) is 4.38. The Kier molecular flexibility index (Phi) is 6.12. The van der Waals surface area contributed by atoms with Gasteiger partial charge in [0.15, 0.2) is 0 Å². The summed E-state index contributed by atoms with van der Waals surface area (Å²) in [6.45, 7) is 1.78. The van der Waals surface area contributed by atoms with Crippen molar-refractivity contribution >= 4 is 33.4 Å². The number of nitrogens with two attached hydrogens (primary N) is 1. The van der Waals surface area contributed by atoms with E-state index in [2.05, 4.69) is 20.8 Å². The number of hydrogen-bond acceptors (Lipinski definition) is 7. The van der Waals surface area contributed by atoms with Crippen molar-refractivity contribution in [3.63, 3.8) is 0 Å². The topological polar surface area (TPSA) is 133 Å². The van der Waals surface area contributed by atoms with Crippen molar-refractivity contribution in [1.82, 2.24) is 20.2 Å². The van der Waals surface area contributed by atoms with E-state index in [1.165, 1.54) is 55.3 Å². The van der Waals surface area contributed by atoms with Crippen molar-refractivity contribution in [2.24, 2.45) is 5.14 Å². The first kappa shape index (κ1) is 19.8. The molecule has 3 N–H and O–H groups in total. The molecule has 0 radical (unpaired) electrons. The van der Waals surface area contributed by atoms with Crippen molar-refractivity contribution in [1.29, 1.82) is 0 Å². The average molecular weight is 411 g/mol. The minimum atomic E-state index is -3.76. The summed E-state index contributed by atoms with van der Waals surface area (Å²) in [5.41, 5.74) is 0.492. The van der Waals surface area contributed by atoms with Crippen LogP contribution in [-0.2, 0) is 14.8 Å². The van der Waals surface area contributed by atoms with Gasteiger partial charge in [-0.05, 0) is 54.5 Å². The van der Waals surface area contributed by atoms with Gasteiger partial charge in [0.1, 0.15) is 0 Å². The molecule has 9 nitrogen and oxygen atoms in total. The lowest BCUT2D eigenvalue weighted by atomic mass is 9.96. The molecular weight excluding hydrogens is 388 g/mol. The number of nitrogens with zero attached hydrogens (tertiary/aromatic N) is 4. The number of nitrogens with one attached hydrogen (secondary N) is 1. The number of benzene rings is 1. The first-order valence-corrected chi connectivity index (χ1v) is 11.2. The van der Waals surface area contributed by atoms with Crippen molar-refractivity contribution in [3.8, 4) is 0 Å². The molecule has 0 spiro atoms. The monoisotopic (exact) mass is 410 g/mol. The maximum absolute atomic E-state index is 12.5. The molecule has 1 aliphatic rings. The lowest BCUT2D eigenvalue weighted by Gasteiger charge is -2.22. The Balaban J connectivity index is 1.62. The predicted molar refractivity (Wildman–Crippen MR) is 102 cm³/mol. The summed E-state index contributed by atoms with van der Waals surface area (Å²) >= 11 is 1.30. The Morgan fingerprint density at radius 1 is 1.26 bits per heavy atom. The van der Waals surface area contributed by atoms with Gasteiger partial charge >= 0.3 is 0 Å². The molecule has 1 aromatic heterocycles. The number of carbonyl (C=O) groups is 1. The molecule has 1 aliphatic carbocycles. The van der Waals surface area contributed by atoms with Gasteiger partial charge < -0.3 is 5.32 Å². The summed E-state index contributed by atoms with van der Waals surface area (Å²) in [6.07, 6.45) is 5.67. The molecule has 1 atom stereocenters. The number of hydrogen-bond donors (Lipinski definition) is 2. The largest absolute Gasteiger partial charge is 0.325 e. The van der Waals surface area contributed by atoms with E-state index in [0.717, 1.165) is 12.8 Å². The highest BCUT2D eigenvalue weighted by Gasteiger charge is 2.24. The third kappa shape index (κ3) is 5.05. The number of anilines is 1. The smallest absolute Gasteiger partial charge is 0.238 e. The highest BCUT2D eigenvalue weighted by molar-refractivity contribution is 8.00. The summed E-state index contributed by atoms with van der Waals surface area (Å²) in [7, 11) is -3.76. The van der Waals surface area contributed by atoms with Gasteiger partial charge in [0, 0.05) is 5.69 Å². The lowest BCUT2D eigenvalue weighted by molar-refractivity contribution is -0.115. The number of sulfonamides is 1. The second-order valence-corrected chi connectivity index (χ2v) is 9.39. The van der Waals surface area contributed by atoms with E-state index in [0.29, 0.717) is 10.8 Å². The van der Waals surface area contributed by atoms with E-state index < -0.39 is 15.3 Å². The quantitative estimate of drug-likeness (QED) is 0.695. The van der Waals surface area contributed by atoms with E-state index in [4.69, 9.17) is 5.14 Å². The van der Waals surface area contributed by atoms with Crippen LogP contribution >= 0.6 is 11.8 Å². The molecule has 0 bridgehead atoms. The molecule has 146 valence electrons. The summed E-state index contributed by atoms with van der Waals surface area (Å²) < 4.78 is 24.4. The van der Waals surface area contributed by atoms with Crippen LogP contribution in [-0.4, -0.2) is 39.8 Å². The van der Waals surface area contributed by atoms with Crippen molar-refractivity contribution in [2.45, 2.75) is 60.4 Å². The Labute approximate surface area is 162 Å². The molecule has 11 heteroatoms. The lowest BCUT2D eigenvalue weighted by Crippen LogP contribution is -2.23. The fourth-order valence-electron chi connectivity index (χ4n) is 3.00. The molecule has 0 aliphatic heterocycles. The van der Waals surface area contributed by atoms with Gasteiger partial charge in [-0.25, -0.2) is 18.2 Å². The van der Waals surface area contributed by atoms with Gasteiger partial charge in [0.05, 0.1) is 16.2 Å². The summed E-state index contributed by atoms with van der Waals surface area (Å²) in [5.74, 6) is -0.221. The van der Waals surface area contributed by atoms with Gasteiger partial charge in [-0.1, -0.05) is 31.0 Å². The minimum Gasteiger partial charge on any atom is -0.325 e.